The van der Waals surface area contributed by atoms with Crippen LogP contribution in [-0.2, 0) is 0 Å². The summed E-state index contributed by atoms with van der Waals surface area (Å²) < 4.78 is 24.2. The number of nitrogens with one attached hydrogen (secondary N) is 1. The largest absolute Gasteiger partial charge is 0.493 e. The maximum Gasteiger partial charge on any atom is 0.251 e. The quantitative estimate of drug-likeness (QED) is 0.820. The SMILES string of the molecule is C#CCOc1c(F)cc(C(=O)NC(C)C(C)C)cc1OC. The minimum Gasteiger partial charge on any atom is -0.493 e. The molecule has 1 aromatic rings. The minimum absolute atomic E-state index is 0.0241. The molecule has 1 rings (SSSR count). The van der Waals surface area contributed by atoms with Gasteiger partial charge in [-0.25, -0.2) is 4.39 Å². The number of rotatable bonds is 6. The number of amides is 1. The van der Waals surface area contributed by atoms with Crippen molar-refractivity contribution >= 4 is 5.91 Å². The number of carbonyl (C=O) groups is 1. The van der Waals surface area contributed by atoms with Gasteiger partial charge in [-0.1, -0.05) is 19.8 Å². The minimum atomic E-state index is -0.688. The lowest BCUT2D eigenvalue weighted by molar-refractivity contribution is 0.0929. The van der Waals surface area contributed by atoms with Gasteiger partial charge in [-0.3, -0.25) is 4.79 Å². The summed E-state index contributed by atoms with van der Waals surface area (Å²) in [6, 6.07) is 2.51. The molecule has 0 bridgehead atoms. The van der Waals surface area contributed by atoms with Crippen molar-refractivity contribution in [3.8, 4) is 23.8 Å². The molecular formula is C16H20FNO3. The molecule has 21 heavy (non-hydrogen) atoms. The Bertz CT molecular complexity index is 549. The van der Waals surface area contributed by atoms with Crippen LogP contribution in [0.25, 0.3) is 0 Å². The summed E-state index contributed by atoms with van der Waals surface area (Å²) in [6.07, 6.45) is 5.08. The fourth-order valence-corrected chi connectivity index (χ4v) is 1.56. The molecule has 0 aliphatic heterocycles. The van der Waals surface area contributed by atoms with Gasteiger partial charge in [0.15, 0.2) is 17.3 Å². The first-order chi connectivity index (χ1) is 9.90. The van der Waals surface area contributed by atoms with Crippen molar-refractivity contribution in [2.24, 2.45) is 5.92 Å². The molecule has 0 aliphatic carbocycles. The van der Waals surface area contributed by atoms with E-state index in [1.807, 2.05) is 20.8 Å². The molecule has 0 saturated heterocycles. The Morgan fingerprint density at radius 2 is 2.10 bits per heavy atom. The monoisotopic (exact) mass is 293 g/mol. The van der Waals surface area contributed by atoms with Crippen molar-refractivity contribution < 1.29 is 18.7 Å². The zero-order valence-electron chi connectivity index (χ0n) is 12.7. The van der Waals surface area contributed by atoms with Crippen LogP contribution in [0.3, 0.4) is 0 Å². The van der Waals surface area contributed by atoms with Gasteiger partial charge < -0.3 is 14.8 Å². The van der Waals surface area contributed by atoms with Crippen molar-refractivity contribution in [1.29, 1.82) is 0 Å². The van der Waals surface area contributed by atoms with Gasteiger partial charge in [0.2, 0.25) is 0 Å². The highest BCUT2D eigenvalue weighted by molar-refractivity contribution is 5.95. The van der Waals surface area contributed by atoms with Gasteiger partial charge in [-0.2, -0.15) is 0 Å². The number of methoxy groups -OCH3 is 1. The summed E-state index contributed by atoms with van der Waals surface area (Å²) in [5.41, 5.74) is 0.171. The van der Waals surface area contributed by atoms with Crippen LogP contribution >= 0.6 is 0 Å². The van der Waals surface area contributed by atoms with E-state index in [1.165, 1.54) is 13.2 Å². The molecule has 1 N–H and O–H groups in total. The van der Waals surface area contributed by atoms with E-state index in [0.29, 0.717) is 0 Å². The molecule has 5 heteroatoms. The topological polar surface area (TPSA) is 47.6 Å². The molecule has 1 amide bonds. The molecule has 0 aliphatic rings. The van der Waals surface area contributed by atoms with E-state index < -0.39 is 5.82 Å². The average molecular weight is 293 g/mol. The van der Waals surface area contributed by atoms with Gasteiger partial charge in [0.25, 0.3) is 5.91 Å². The van der Waals surface area contributed by atoms with Gasteiger partial charge in [-0.15, -0.1) is 6.42 Å². The third-order valence-corrected chi connectivity index (χ3v) is 3.15. The normalized spacial score (nSPS) is 11.7. The second-order valence-corrected chi connectivity index (χ2v) is 4.99. The zero-order chi connectivity index (χ0) is 16.0. The Morgan fingerprint density at radius 3 is 2.62 bits per heavy atom. The van der Waals surface area contributed by atoms with Crippen LogP contribution in [0, 0.1) is 24.1 Å². The fraction of sp³-hybridized carbons (Fsp3) is 0.438. The smallest absolute Gasteiger partial charge is 0.251 e. The Labute approximate surface area is 124 Å². The maximum atomic E-state index is 14.0. The number of hydrogen-bond acceptors (Lipinski definition) is 3. The van der Waals surface area contributed by atoms with E-state index in [4.69, 9.17) is 15.9 Å². The highest BCUT2D eigenvalue weighted by Crippen LogP contribution is 2.31. The molecular weight excluding hydrogens is 273 g/mol. The summed E-state index contributed by atoms with van der Waals surface area (Å²) in [4.78, 5) is 12.1. The predicted octanol–water partition coefficient (Wildman–Crippen LogP) is 2.62. The van der Waals surface area contributed by atoms with Crippen LogP contribution < -0.4 is 14.8 Å². The summed E-state index contributed by atoms with van der Waals surface area (Å²) in [5.74, 6) is 1.51. The lowest BCUT2D eigenvalue weighted by Gasteiger charge is -2.18. The number of benzene rings is 1. The Morgan fingerprint density at radius 1 is 1.43 bits per heavy atom. The van der Waals surface area contributed by atoms with Crippen molar-refractivity contribution in [2.45, 2.75) is 26.8 Å². The summed E-state index contributed by atoms with van der Waals surface area (Å²) in [5, 5.41) is 2.80. The highest BCUT2D eigenvalue weighted by atomic mass is 19.1. The molecule has 114 valence electrons. The lowest BCUT2D eigenvalue weighted by Crippen LogP contribution is -2.36. The predicted molar refractivity (Wildman–Crippen MR) is 79.0 cm³/mol. The lowest BCUT2D eigenvalue weighted by atomic mass is 10.1. The highest BCUT2D eigenvalue weighted by Gasteiger charge is 2.18. The van der Waals surface area contributed by atoms with E-state index in [1.54, 1.807) is 0 Å². The van der Waals surface area contributed by atoms with Gasteiger partial charge in [-0.05, 0) is 25.0 Å². The molecule has 0 radical (unpaired) electrons. The molecule has 1 aromatic carbocycles. The molecule has 1 atom stereocenters. The zero-order valence-corrected chi connectivity index (χ0v) is 12.7. The number of halogens is 1. The standard InChI is InChI=1S/C16H20FNO3/c1-6-7-21-15-13(17)8-12(9-14(15)20-5)16(19)18-11(4)10(2)3/h1,8-11H,7H2,2-5H3,(H,18,19). The summed E-state index contributed by atoms with van der Waals surface area (Å²) >= 11 is 0. The second kappa shape index (κ2) is 7.53. The molecule has 0 heterocycles. The molecule has 0 fully saturated rings. The first-order valence-electron chi connectivity index (χ1n) is 6.65. The molecule has 4 nitrogen and oxygen atoms in total. The fourth-order valence-electron chi connectivity index (χ4n) is 1.56. The van der Waals surface area contributed by atoms with E-state index >= 15 is 0 Å². The second-order valence-electron chi connectivity index (χ2n) is 4.99. The summed E-state index contributed by atoms with van der Waals surface area (Å²) in [7, 11) is 1.37. The van der Waals surface area contributed by atoms with Crippen LogP contribution in [0.1, 0.15) is 31.1 Å². The van der Waals surface area contributed by atoms with Crippen molar-refractivity contribution in [2.75, 3.05) is 13.7 Å². The van der Waals surface area contributed by atoms with Crippen LogP contribution in [-0.4, -0.2) is 25.7 Å². The van der Waals surface area contributed by atoms with Crippen LogP contribution in [0.5, 0.6) is 11.5 Å². The summed E-state index contributed by atoms with van der Waals surface area (Å²) in [6.45, 7) is 5.79. The first-order valence-corrected chi connectivity index (χ1v) is 6.65. The Hall–Kier alpha value is -2.22. The van der Waals surface area contributed by atoms with Crippen molar-refractivity contribution in [1.82, 2.24) is 5.32 Å². The Kier molecular flexibility index (Phi) is 6.04. The third-order valence-electron chi connectivity index (χ3n) is 3.15. The van der Waals surface area contributed by atoms with Crippen molar-refractivity contribution in [3.63, 3.8) is 0 Å². The molecule has 0 spiro atoms. The average Bonchev–Trinajstić information content (AvgIpc) is 2.44. The molecule has 0 saturated carbocycles. The van der Waals surface area contributed by atoms with E-state index in [0.717, 1.165) is 6.07 Å². The van der Waals surface area contributed by atoms with Gasteiger partial charge in [0, 0.05) is 11.6 Å². The van der Waals surface area contributed by atoms with Crippen LogP contribution in [0.4, 0.5) is 4.39 Å². The van der Waals surface area contributed by atoms with Gasteiger partial charge in [0.1, 0.15) is 6.61 Å². The number of carbonyl (C=O) groups excluding carboxylic acids is 1. The number of hydrogen-bond donors (Lipinski definition) is 1. The number of ether oxygens (including phenoxy) is 2. The van der Waals surface area contributed by atoms with Gasteiger partial charge >= 0.3 is 0 Å². The van der Waals surface area contributed by atoms with Crippen molar-refractivity contribution in [3.05, 3.63) is 23.5 Å². The van der Waals surface area contributed by atoms with Crippen LogP contribution in [0.2, 0.25) is 0 Å². The van der Waals surface area contributed by atoms with Crippen LogP contribution in [0.15, 0.2) is 12.1 Å². The maximum absolute atomic E-state index is 14.0. The van der Waals surface area contributed by atoms with E-state index in [2.05, 4.69) is 11.2 Å². The first kappa shape index (κ1) is 16.8. The molecule has 1 unspecified atom stereocenters. The Balaban J connectivity index is 3.03. The van der Waals surface area contributed by atoms with E-state index in [9.17, 15) is 9.18 Å². The third kappa shape index (κ3) is 4.38. The van der Waals surface area contributed by atoms with E-state index in [-0.39, 0.29) is 41.5 Å². The van der Waals surface area contributed by atoms with Gasteiger partial charge in [0.05, 0.1) is 7.11 Å². The number of terminal acetylenes is 1. The molecule has 0 aromatic heterocycles.